The number of nitrogens with two attached hydrogens (primary N) is 1. The molecule has 1 heterocycles. The van der Waals surface area contributed by atoms with E-state index in [-0.39, 0.29) is 12.0 Å². The van der Waals surface area contributed by atoms with Gasteiger partial charge in [0.15, 0.2) is 0 Å². The molecule has 0 aliphatic heterocycles. The average molecular weight is 275 g/mol. The molecular formula is C13H17N5O2. The zero-order chi connectivity index (χ0) is 14.4. The maximum absolute atomic E-state index is 5.63. The van der Waals surface area contributed by atoms with Gasteiger partial charge in [-0.1, -0.05) is 12.1 Å². The molecular weight excluding hydrogens is 258 g/mol. The van der Waals surface area contributed by atoms with Gasteiger partial charge in [-0.3, -0.25) is 0 Å². The number of nitrogens with one attached hydrogen (secondary N) is 1. The van der Waals surface area contributed by atoms with Gasteiger partial charge in [0, 0.05) is 0 Å². The molecule has 0 bridgehead atoms. The normalized spacial score (nSPS) is 10.1. The van der Waals surface area contributed by atoms with E-state index in [2.05, 4.69) is 20.3 Å². The van der Waals surface area contributed by atoms with Crippen LogP contribution in [0.25, 0.3) is 0 Å². The lowest BCUT2D eigenvalue weighted by molar-refractivity contribution is 0.312. The Bertz CT molecular complexity index is 576. The SMILES string of the molecule is CCOc1nc(N)nc(Nc2ccccc2OCC)n1. The highest BCUT2D eigenvalue weighted by molar-refractivity contribution is 5.62. The Labute approximate surface area is 117 Å². The zero-order valence-electron chi connectivity index (χ0n) is 11.5. The average Bonchev–Trinajstić information content (AvgIpc) is 2.41. The van der Waals surface area contributed by atoms with Crippen LogP contribution in [-0.2, 0) is 0 Å². The molecule has 0 fully saturated rings. The van der Waals surface area contributed by atoms with E-state index in [4.69, 9.17) is 15.2 Å². The van der Waals surface area contributed by atoms with Gasteiger partial charge in [0.1, 0.15) is 5.75 Å². The molecule has 1 aromatic heterocycles. The Morgan fingerprint density at radius 2 is 1.80 bits per heavy atom. The molecule has 2 rings (SSSR count). The highest BCUT2D eigenvalue weighted by Crippen LogP contribution is 2.26. The minimum absolute atomic E-state index is 0.0971. The topological polar surface area (TPSA) is 95.2 Å². The second-order valence-electron chi connectivity index (χ2n) is 3.79. The summed E-state index contributed by atoms with van der Waals surface area (Å²) >= 11 is 0. The van der Waals surface area contributed by atoms with E-state index in [1.54, 1.807) is 0 Å². The van der Waals surface area contributed by atoms with Crippen molar-refractivity contribution in [3.8, 4) is 11.8 Å². The number of rotatable bonds is 6. The van der Waals surface area contributed by atoms with Crippen LogP contribution in [0.4, 0.5) is 17.6 Å². The number of nitrogens with zero attached hydrogens (tertiary/aromatic N) is 3. The minimum atomic E-state index is 0.0971. The van der Waals surface area contributed by atoms with Crippen LogP contribution >= 0.6 is 0 Å². The summed E-state index contributed by atoms with van der Waals surface area (Å²) in [6.07, 6.45) is 0. The van der Waals surface area contributed by atoms with Gasteiger partial charge < -0.3 is 20.5 Å². The summed E-state index contributed by atoms with van der Waals surface area (Å²) in [4.78, 5) is 12.0. The van der Waals surface area contributed by atoms with Gasteiger partial charge >= 0.3 is 6.01 Å². The highest BCUT2D eigenvalue weighted by atomic mass is 16.5. The van der Waals surface area contributed by atoms with Gasteiger partial charge in [0.05, 0.1) is 18.9 Å². The summed E-state index contributed by atoms with van der Waals surface area (Å²) in [5.74, 6) is 1.12. The maximum atomic E-state index is 5.63. The summed E-state index contributed by atoms with van der Waals surface area (Å²) in [5.41, 5.74) is 6.38. The van der Waals surface area contributed by atoms with Crippen molar-refractivity contribution in [1.29, 1.82) is 0 Å². The van der Waals surface area contributed by atoms with E-state index in [0.29, 0.717) is 24.9 Å². The van der Waals surface area contributed by atoms with Crippen LogP contribution in [0.15, 0.2) is 24.3 Å². The first-order chi connectivity index (χ1) is 9.72. The number of benzene rings is 1. The predicted molar refractivity (Wildman–Crippen MR) is 76.3 cm³/mol. The summed E-state index contributed by atoms with van der Waals surface area (Å²) in [7, 11) is 0. The van der Waals surface area contributed by atoms with Gasteiger partial charge in [-0.2, -0.15) is 15.0 Å². The monoisotopic (exact) mass is 275 g/mol. The molecule has 1 aromatic carbocycles. The molecule has 7 heteroatoms. The van der Waals surface area contributed by atoms with Crippen molar-refractivity contribution >= 4 is 17.6 Å². The van der Waals surface area contributed by atoms with E-state index in [1.165, 1.54) is 0 Å². The molecule has 106 valence electrons. The Hall–Kier alpha value is -2.57. The first-order valence-corrected chi connectivity index (χ1v) is 6.36. The number of hydrogen-bond acceptors (Lipinski definition) is 7. The van der Waals surface area contributed by atoms with E-state index in [1.807, 2.05) is 38.1 Å². The first-order valence-electron chi connectivity index (χ1n) is 6.36. The van der Waals surface area contributed by atoms with Crippen LogP contribution in [0.1, 0.15) is 13.8 Å². The van der Waals surface area contributed by atoms with Crippen LogP contribution in [0, 0.1) is 0 Å². The number of para-hydroxylation sites is 2. The third-order valence-corrected chi connectivity index (χ3v) is 2.34. The fraction of sp³-hybridized carbons (Fsp3) is 0.308. The van der Waals surface area contributed by atoms with Gasteiger partial charge in [-0.15, -0.1) is 0 Å². The van der Waals surface area contributed by atoms with E-state index in [9.17, 15) is 0 Å². The number of anilines is 3. The van der Waals surface area contributed by atoms with Crippen molar-refractivity contribution in [3.63, 3.8) is 0 Å². The summed E-state index contributed by atoms with van der Waals surface area (Å²) in [6, 6.07) is 7.70. The molecule has 7 nitrogen and oxygen atoms in total. The molecule has 0 saturated heterocycles. The summed E-state index contributed by atoms with van der Waals surface area (Å²) < 4.78 is 10.8. The smallest absolute Gasteiger partial charge is 0.323 e. The lowest BCUT2D eigenvalue weighted by Gasteiger charge is -2.11. The number of nitrogen functional groups attached to an aromatic ring is 1. The Morgan fingerprint density at radius 3 is 2.55 bits per heavy atom. The first kappa shape index (κ1) is 13.9. The van der Waals surface area contributed by atoms with Gasteiger partial charge in [-0.25, -0.2) is 0 Å². The lowest BCUT2D eigenvalue weighted by atomic mass is 10.3. The predicted octanol–water partition coefficient (Wildman–Crippen LogP) is 1.99. The van der Waals surface area contributed by atoms with Crippen LogP contribution in [-0.4, -0.2) is 28.2 Å². The van der Waals surface area contributed by atoms with E-state index >= 15 is 0 Å². The third-order valence-electron chi connectivity index (χ3n) is 2.34. The molecule has 0 spiro atoms. The van der Waals surface area contributed by atoms with Crippen LogP contribution in [0.5, 0.6) is 11.8 Å². The quantitative estimate of drug-likeness (QED) is 0.832. The molecule has 0 saturated carbocycles. The number of hydrogen-bond donors (Lipinski definition) is 2. The molecule has 0 atom stereocenters. The molecule has 0 unspecified atom stereocenters. The minimum Gasteiger partial charge on any atom is -0.492 e. The van der Waals surface area contributed by atoms with Crippen molar-refractivity contribution in [2.45, 2.75) is 13.8 Å². The van der Waals surface area contributed by atoms with E-state index < -0.39 is 0 Å². The Morgan fingerprint density at radius 1 is 1.05 bits per heavy atom. The molecule has 0 aliphatic rings. The standard InChI is InChI=1S/C13H17N5O2/c1-3-19-10-8-6-5-7-9(10)15-12-16-11(14)17-13(18-12)20-4-2/h5-8H,3-4H2,1-2H3,(H3,14,15,16,17,18). The largest absolute Gasteiger partial charge is 0.492 e. The van der Waals surface area contributed by atoms with Crippen molar-refractivity contribution in [2.75, 3.05) is 24.3 Å². The molecule has 2 aromatic rings. The molecule has 20 heavy (non-hydrogen) atoms. The third kappa shape index (κ3) is 3.47. The van der Waals surface area contributed by atoms with Crippen LogP contribution < -0.4 is 20.5 Å². The number of aromatic nitrogens is 3. The lowest BCUT2D eigenvalue weighted by Crippen LogP contribution is -2.07. The van der Waals surface area contributed by atoms with Gasteiger partial charge in [0.25, 0.3) is 0 Å². The zero-order valence-corrected chi connectivity index (χ0v) is 11.5. The van der Waals surface area contributed by atoms with Gasteiger partial charge in [-0.05, 0) is 26.0 Å². The van der Waals surface area contributed by atoms with Crippen molar-refractivity contribution in [2.24, 2.45) is 0 Å². The Kier molecular flexibility index (Phi) is 4.54. The Balaban J connectivity index is 2.25. The second-order valence-corrected chi connectivity index (χ2v) is 3.79. The van der Waals surface area contributed by atoms with Crippen molar-refractivity contribution in [1.82, 2.24) is 15.0 Å². The summed E-state index contributed by atoms with van der Waals surface area (Å²) in [5, 5.41) is 3.05. The molecule has 3 N–H and O–H groups in total. The van der Waals surface area contributed by atoms with Gasteiger partial charge in [0.2, 0.25) is 11.9 Å². The second kappa shape index (κ2) is 6.55. The van der Waals surface area contributed by atoms with Crippen LogP contribution in [0.3, 0.4) is 0 Å². The maximum Gasteiger partial charge on any atom is 0.323 e. The summed E-state index contributed by atoms with van der Waals surface area (Å²) in [6.45, 7) is 4.79. The highest BCUT2D eigenvalue weighted by Gasteiger charge is 2.08. The van der Waals surface area contributed by atoms with Crippen LogP contribution in [0.2, 0.25) is 0 Å². The molecule has 0 amide bonds. The molecule has 0 aliphatic carbocycles. The van der Waals surface area contributed by atoms with Crippen molar-refractivity contribution in [3.05, 3.63) is 24.3 Å². The van der Waals surface area contributed by atoms with E-state index in [0.717, 1.165) is 5.69 Å². The molecule has 0 radical (unpaired) electrons. The fourth-order valence-corrected chi connectivity index (χ4v) is 1.59. The fourth-order valence-electron chi connectivity index (χ4n) is 1.59. The number of ether oxygens (including phenoxy) is 2. The van der Waals surface area contributed by atoms with Crippen molar-refractivity contribution < 1.29 is 9.47 Å².